The van der Waals surface area contributed by atoms with Gasteiger partial charge in [-0.05, 0) is 25.9 Å². The lowest BCUT2D eigenvalue weighted by atomic mass is 10.1. The van der Waals surface area contributed by atoms with Gasteiger partial charge < -0.3 is 11.1 Å². The minimum absolute atomic E-state index is 0.858. The van der Waals surface area contributed by atoms with Crippen LogP contribution in [0.5, 0.6) is 0 Å². The van der Waals surface area contributed by atoms with E-state index in [9.17, 15) is 0 Å². The lowest BCUT2D eigenvalue weighted by Crippen LogP contribution is -2.17. The molecule has 0 saturated heterocycles. The SMILES string of the molecule is NCCCCCCCCCCNCCS. The number of nitrogens with two attached hydrogens (primary N) is 1. The Morgan fingerprint density at radius 3 is 1.80 bits per heavy atom. The number of rotatable bonds is 12. The molecule has 0 unspecified atom stereocenters. The highest BCUT2D eigenvalue weighted by atomic mass is 32.1. The fourth-order valence-corrected chi connectivity index (χ4v) is 1.82. The van der Waals surface area contributed by atoms with Crippen LogP contribution in [0.1, 0.15) is 51.4 Å². The van der Waals surface area contributed by atoms with Crippen LogP contribution in [0.25, 0.3) is 0 Å². The number of hydrogen-bond donors (Lipinski definition) is 3. The van der Waals surface area contributed by atoms with Crippen molar-refractivity contribution in [1.82, 2.24) is 5.32 Å². The van der Waals surface area contributed by atoms with Crippen LogP contribution in [0.2, 0.25) is 0 Å². The zero-order valence-electron chi connectivity index (χ0n) is 10.0. The van der Waals surface area contributed by atoms with Gasteiger partial charge in [-0.15, -0.1) is 0 Å². The van der Waals surface area contributed by atoms with E-state index in [0.717, 1.165) is 25.4 Å². The fraction of sp³-hybridized carbons (Fsp3) is 1.00. The normalized spacial score (nSPS) is 10.8. The third-order valence-electron chi connectivity index (χ3n) is 2.60. The standard InChI is InChI=1S/C12H28N2S/c13-9-7-5-3-1-2-4-6-8-10-14-11-12-15/h14-15H,1-13H2. The second kappa shape index (κ2) is 14.3. The Balaban J connectivity index is 2.81. The van der Waals surface area contributed by atoms with Crippen LogP contribution in [-0.4, -0.2) is 25.4 Å². The largest absolute Gasteiger partial charge is 0.330 e. The molecule has 0 spiro atoms. The van der Waals surface area contributed by atoms with Crippen LogP contribution in [0.4, 0.5) is 0 Å². The number of nitrogens with one attached hydrogen (secondary N) is 1. The van der Waals surface area contributed by atoms with Crippen LogP contribution < -0.4 is 11.1 Å². The molecule has 0 aliphatic heterocycles. The van der Waals surface area contributed by atoms with E-state index in [-0.39, 0.29) is 0 Å². The van der Waals surface area contributed by atoms with Gasteiger partial charge in [-0.3, -0.25) is 0 Å². The minimum Gasteiger partial charge on any atom is -0.330 e. The Hall–Kier alpha value is 0.270. The summed E-state index contributed by atoms with van der Waals surface area (Å²) in [6.45, 7) is 3.06. The first kappa shape index (κ1) is 15.3. The highest BCUT2D eigenvalue weighted by Crippen LogP contribution is 2.07. The summed E-state index contributed by atoms with van der Waals surface area (Å²) in [5.74, 6) is 0.946. The van der Waals surface area contributed by atoms with E-state index in [2.05, 4.69) is 17.9 Å². The van der Waals surface area contributed by atoms with Crippen LogP contribution in [-0.2, 0) is 0 Å². The van der Waals surface area contributed by atoms with E-state index in [4.69, 9.17) is 5.73 Å². The molecule has 0 amide bonds. The number of thiol groups is 1. The van der Waals surface area contributed by atoms with Crippen molar-refractivity contribution >= 4 is 12.6 Å². The van der Waals surface area contributed by atoms with E-state index >= 15 is 0 Å². The van der Waals surface area contributed by atoms with E-state index < -0.39 is 0 Å². The molecule has 3 N–H and O–H groups in total. The summed E-state index contributed by atoms with van der Waals surface area (Å²) in [7, 11) is 0. The first-order valence-electron chi connectivity index (χ1n) is 6.43. The summed E-state index contributed by atoms with van der Waals surface area (Å²) in [6.07, 6.45) is 10.8. The molecule has 3 heteroatoms. The van der Waals surface area contributed by atoms with Gasteiger partial charge in [0.2, 0.25) is 0 Å². The van der Waals surface area contributed by atoms with Crippen molar-refractivity contribution in [2.24, 2.45) is 5.73 Å². The Morgan fingerprint density at radius 1 is 0.733 bits per heavy atom. The van der Waals surface area contributed by atoms with Crippen molar-refractivity contribution in [3.05, 3.63) is 0 Å². The van der Waals surface area contributed by atoms with Gasteiger partial charge in [-0.25, -0.2) is 0 Å². The van der Waals surface area contributed by atoms with Crippen molar-refractivity contribution in [2.45, 2.75) is 51.4 Å². The predicted octanol–water partition coefficient (Wildman–Crippen LogP) is 2.59. The molecular weight excluding hydrogens is 204 g/mol. The monoisotopic (exact) mass is 232 g/mol. The van der Waals surface area contributed by atoms with Gasteiger partial charge >= 0.3 is 0 Å². The third-order valence-corrected chi connectivity index (χ3v) is 2.82. The highest BCUT2D eigenvalue weighted by Gasteiger charge is 1.91. The van der Waals surface area contributed by atoms with Crippen LogP contribution in [0.3, 0.4) is 0 Å². The molecule has 0 aromatic heterocycles. The fourth-order valence-electron chi connectivity index (χ4n) is 1.66. The molecular formula is C12H28N2S. The molecule has 0 saturated carbocycles. The first-order valence-corrected chi connectivity index (χ1v) is 7.06. The Morgan fingerprint density at radius 2 is 1.27 bits per heavy atom. The lowest BCUT2D eigenvalue weighted by molar-refractivity contribution is 0.557. The molecule has 15 heavy (non-hydrogen) atoms. The Bertz CT molecular complexity index is 97.8. The van der Waals surface area contributed by atoms with Gasteiger partial charge in [-0.2, -0.15) is 12.6 Å². The van der Waals surface area contributed by atoms with Crippen LogP contribution in [0, 0.1) is 0 Å². The van der Waals surface area contributed by atoms with Gasteiger partial charge in [0.05, 0.1) is 0 Å². The van der Waals surface area contributed by atoms with Gasteiger partial charge in [0.25, 0.3) is 0 Å². The molecule has 0 aromatic carbocycles. The smallest absolute Gasteiger partial charge is 0.00397 e. The molecule has 0 atom stereocenters. The van der Waals surface area contributed by atoms with E-state index in [1.807, 2.05) is 0 Å². The summed E-state index contributed by atoms with van der Waals surface area (Å²) in [6, 6.07) is 0. The molecule has 0 rings (SSSR count). The van der Waals surface area contributed by atoms with Crippen molar-refractivity contribution in [3.8, 4) is 0 Å². The Kier molecular flexibility index (Phi) is 14.5. The van der Waals surface area contributed by atoms with Gasteiger partial charge in [-0.1, -0.05) is 38.5 Å². The molecule has 0 aliphatic carbocycles. The lowest BCUT2D eigenvalue weighted by Gasteiger charge is -2.03. The van der Waals surface area contributed by atoms with Crippen LogP contribution >= 0.6 is 12.6 Å². The highest BCUT2D eigenvalue weighted by molar-refractivity contribution is 7.80. The van der Waals surface area contributed by atoms with Gasteiger partial charge in [0, 0.05) is 12.3 Å². The first-order chi connectivity index (χ1) is 7.41. The van der Waals surface area contributed by atoms with E-state index in [0.29, 0.717) is 0 Å². The van der Waals surface area contributed by atoms with Crippen LogP contribution in [0.15, 0.2) is 0 Å². The summed E-state index contributed by atoms with van der Waals surface area (Å²) in [5, 5.41) is 3.36. The van der Waals surface area contributed by atoms with Crippen molar-refractivity contribution < 1.29 is 0 Å². The molecule has 2 nitrogen and oxygen atoms in total. The van der Waals surface area contributed by atoms with Crippen molar-refractivity contribution in [2.75, 3.05) is 25.4 Å². The van der Waals surface area contributed by atoms with Gasteiger partial charge in [0.1, 0.15) is 0 Å². The Labute approximate surface area is 101 Å². The summed E-state index contributed by atoms with van der Waals surface area (Å²) < 4.78 is 0. The summed E-state index contributed by atoms with van der Waals surface area (Å²) >= 11 is 4.15. The average molecular weight is 232 g/mol. The number of unbranched alkanes of at least 4 members (excludes halogenated alkanes) is 7. The van der Waals surface area contributed by atoms with E-state index in [1.165, 1.54) is 51.4 Å². The summed E-state index contributed by atoms with van der Waals surface area (Å²) in [5.41, 5.74) is 5.44. The molecule has 0 heterocycles. The maximum absolute atomic E-state index is 5.44. The second-order valence-electron chi connectivity index (χ2n) is 4.09. The molecule has 0 fully saturated rings. The zero-order chi connectivity index (χ0) is 11.2. The minimum atomic E-state index is 0.858. The zero-order valence-corrected chi connectivity index (χ0v) is 10.9. The predicted molar refractivity (Wildman–Crippen MR) is 72.7 cm³/mol. The van der Waals surface area contributed by atoms with Crippen molar-refractivity contribution in [1.29, 1.82) is 0 Å². The maximum Gasteiger partial charge on any atom is 0.00397 e. The third kappa shape index (κ3) is 14.3. The molecule has 0 aliphatic rings. The maximum atomic E-state index is 5.44. The van der Waals surface area contributed by atoms with Gasteiger partial charge in [0.15, 0.2) is 0 Å². The molecule has 0 aromatic rings. The summed E-state index contributed by atoms with van der Waals surface area (Å²) in [4.78, 5) is 0. The molecule has 92 valence electrons. The average Bonchev–Trinajstić information content (AvgIpc) is 2.26. The number of hydrogen-bond acceptors (Lipinski definition) is 3. The topological polar surface area (TPSA) is 38.0 Å². The molecule has 0 radical (unpaired) electrons. The second-order valence-corrected chi connectivity index (χ2v) is 4.54. The molecule has 0 bridgehead atoms. The van der Waals surface area contributed by atoms with Crippen molar-refractivity contribution in [3.63, 3.8) is 0 Å². The van der Waals surface area contributed by atoms with E-state index in [1.54, 1.807) is 0 Å². The quantitative estimate of drug-likeness (QED) is 0.357.